The highest BCUT2D eigenvalue weighted by Gasteiger charge is 2.26. The van der Waals surface area contributed by atoms with E-state index in [0.29, 0.717) is 29.0 Å². The summed E-state index contributed by atoms with van der Waals surface area (Å²) >= 11 is 7.65. The summed E-state index contributed by atoms with van der Waals surface area (Å²) in [5.41, 5.74) is 1.15. The summed E-state index contributed by atoms with van der Waals surface area (Å²) < 4.78 is 7.02. The lowest BCUT2D eigenvalue weighted by Crippen LogP contribution is -2.42. The quantitative estimate of drug-likeness (QED) is 0.702. The van der Waals surface area contributed by atoms with Crippen LogP contribution in [0.2, 0.25) is 5.02 Å². The van der Waals surface area contributed by atoms with Crippen molar-refractivity contribution in [2.45, 2.75) is 18.9 Å². The van der Waals surface area contributed by atoms with Crippen LogP contribution in [0.3, 0.4) is 0 Å². The Bertz CT molecular complexity index is 894. The van der Waals surface area contributed by atoms with Crippen LogP contribution in [0.25, 0.3) is 10.2 Å². The van der Waals surface area contributed by atoms with Crippen molar-refractivity contribution in [1.29, 1.82) is 0 Å². The highest BCUT2D eigenvalue weighted by molar-refractivity contribution is 7.20. The zero-order valence-electron chi connectivity index (χ0n) is 13.3. The number of nitrogens with zero attached hydrogens (tertiary/aromatic N) is 4. The van der Waals surface area contributed by atoms with E-state index in [1.54, 1.807) is 11.1 Å². The van der Waals surface area contributed by atoms with Gasteiger partial charge in [-0.2, -0.15) is 0 Å². The van der Waals surface area contributed by atoms with Crippen molar-refractivity contribution in [1.82, 2.24) is 19.9 Å². The van der Waals surface area contributed by atoms with Gasteiger partial charge in [0, 0.05) is 38.3 Å². The Morgan fingerprint density at radius 3 is 2.84 bits per heavy atom. The number of hydrogen-bond donors (Lipinski definition) is 0. The largest absolute Gasteiger partial charge is 0.467 e. The molecule has 8 heteroatoms. The number of aromatic nitrogens is 3. The van der Waals surface area contributed by atoms with E-state index in [1.165, 1.54) is 23.7 Å². The van der Waals surface area contributed by atoms with Gasteiger partial charge < -0.3 is 9.64 Å². The van der Waals surface area contributed by atoms with Crippen LogP contribution in [-0.4, -0.2) is 45.0 Å². The summed E-state index contributed by atoms with van der Waals surface area (Å²) in [6.45, 7) is 1.26. The predicted octanol–water partition coefficient (Wildman–Crippen LogP) is 3.42. The lowest BCUT2D eigenvalue weighted by Gasteiger charge is -2.31. The molecule has 3 aromatic rings. The average molecular weight is 375 g/mol. The van der Waals surface area contributed by atoms with E-state index in [1.807, 2.05) is 18.2 Å². The number of carbonyl (C=O) groups excluding carboxylic acids is 1. The minimum absolute atomic E-state index is 0.0465. The molecule has 6 nitrogen and oxygen atoms in total. The Morgan fingerprint density at radius 1 is 1.28 bits per heavy atom. The molecule has 1 amide bonds. The maximum atomic E-state index is 12.4. The molecule has 1 aromatic carbocycles. The number of fused-ring (bicyclic) bond motifs is 1. The number of amides is 1. The SMILES string of the molecule is O=C(c1cnccn1)N1CCC(Oc2nc3c(Cl)cccc3s2)CC1. The van der Waals surface area contributed by atoms with E-state index in [2.05, 4.69) is 15.0 Å². The smallest absolute Gasteiger partial charge is 0.274 e. The second-order valence-electron chi connectivity index (χ2n) is 5.77. The van der Waals surface area contributed by atoms with Crippen molar-refractivity contribution in [2.75, 3.05) is 13.1 Å². The number of ether oxygens (including phenoxy) is 1. The number of halogens is 1. The molecule has 0 aliphatic carbocycles. The number of hydrogen-bond acceptors (Lipinski definition) is 6. The number of piperidine rings is 1. The fraction of sp³-hybridized carbons (Fsp3) is 0.294. The van der Waals surface area contributed by atoms with E-state index in [9.17, 15) is 4.79 Å². The summed E-state index contributed by atoms with van der Waals surface area (Å²) in [6.07, 6.45) is 6.15. The van der Waals surface area contributed by atoms with Crippen molar-refractivity contribution in [3.8, 4) is 5.19 Å². The van der Waals surface area contributed by atoms with Crippen molar-refractivity contribution < 1.29 is 9.53 Å². The molecule has 0 radical (unpaired) electrons. The van der Waals surface area contributed by atoms with Gasteiger partial charge in [0.25, 0.3) is 11.1 Å². The van der Waals surface area contributed by atoms with Gasteiger partial charge in [-0.05, 0) is 12.1 Å². The lowest BCUT2D eigenvalue weighted by molar-refractivity contribution is 0.0589. The summed E-state index contributed by atoms with van der Waals surface area (Å²) in [5.74, 6) is -0.0849. The molecule has 0 bridgehead atoms. The Labute approximate surface area is 153 Å². The molecule has 4 rings (SSSR count). The third kappa shape index (κ3) is 3.43. The number of carbonyl (C=O) groups is 1. The van der Waals surface area contributed by atoms with E-state index >= 15 is 0 Å². The van der Waals surface area contributed by atoms with Crippen LogP contribution >= 0.6 is 22.9 Å². The molecular formula is C17H15ClN4O2S. The second-order valence-corrected chi connectivity index (χ2v) is 7.17. The summed E-state index contributed by atoms with van der Waals surface area (Å²) in [6, 6.07) is 5.71. The average Bonchev–Trinajstić information content (AvgIpc) is 3.06. The van der Waals surface area contributed by atoms with Crippen LogP contribution in [0.5, 0.6) is 5.19 Å². The molecule has 1 fully saturated rings. The zero-order chi connectivity index (χ0) is 17.2. The Kier molecular flexibility index (Phi) is 4.50. The monoisotopic (exact) mass is 374 g/mol. The molecule has 1 saturated heterocycles. The minimum atomic E-state index is -0.0849. The van der Waals surface area contributed by atoms with Crippen molar-refractivity contribution in [2.24, 2.45) is 0 Å². The number of likely N-dealkylation sites (tertiary alicyclic amines) is 1. The normalized spacial score (nSPS) is 15.5. The summed E-state index contributed by atoms with van der Waals surface area (Å²) in [5, 5.41) is 1.26. The molecule has 128 valence electrons. The highest BCUT2D eigenvalue weighted by atomic mass is 35.5. The van der Waals surface area contributed by atoms with E-state index < -0.39 is 0 Å². The molecule has 0 unspecified atom stereocenters. The molecule has 2 aromatic heterocycles. The van der Waals surface area contributed by atoms with Crippen LogP contribution in [0.15, 0.2) is 36.8 Å². The van der Waals surface area contributed by atoms with E-state index in [-0.39, 0.29) is 12.0 Å². The third-order valence-electron chi connectivity index (χ3n) is 4.13. The van der Waals surface area contributed by atoms with Crippen LogP contribution in [-0.2, 0) is 0 Å². The molecule has 25 heavy (non-hydrogen) atoms. The van der Waals surface area contributed by atoms with E-state index in [0.717, 1.165) is 23.1 Å². The standard InChI is InChI=1S/C17H15ClN4O2S/c18-12-2-1-3-14-15(12)21-17(25-14)24-11-4-8-22(9-5-11)16(23)13-10-19-6-7-20-13/h1-3,6-7,10-11H,4-5,8-9H2. The first-order chi connectivity index (χ1) is 12.2. The van der Waals surface area contributed by atoms with Crippen molar-refractivity contribution in [3.63, 3.8) is 0 Å². The van der Waals surface area contributed by atoms with Gasteiger partial charge in [0.15, 0.2) is 0 Å². The molecule has 0 N–H and O–H groups in total. The minimum Gasteiger partial charge on any atom is -0.467 e. The lowest BCUT2D eigenvalue weighted by atomic mass is 10.1. The van der Waals surface area contributed by atoms with E-state index in [4.69, 9.17) is 16.3 Å². The molecule has 1 aliphatic heterocycles. The zero-order valence-corrected chi connectivity index (χ0v) is 14.8. The molecule has 0 atom stereocenters. The van der Waals surface area contributed by atoms with Gasteiger partial charge in [-0.25, -0.2) is 9.97 Å². The van der Waals surface area contributed by atoms with Gasteiger partial charge in [-0.1, -0.05) is 29.0 Å². The highest BCUT2D eigenvalue weighted by Crippen LogP contribution is 2.33. The van der Waals surface area contributed by atoms with Gasteiger partial charge in [-0.3, -0.25) is 9.78 Å². The Balaban J connectivity index is 1.38. The van der Waals surface area contributed by atoms with Crippen molar-refractivity contribution in [3.05, 3.63) is 47.5 Å². The number of benzene rings is 1. The fourth-order valence-corrected chi connectivity index (χ4v) is 4.02. The van der Waals surface area contributed by atoms with Gasteiger partial charge in [0.05, 0.1) is 15.9 Å². The second kappa shape index (κ2) is 6.93. The molecule has 0 spiro atoms. The number of thiazole rings is 1. The van der Waals surface area contributed by atoms with Crippen LogP contribution in [0.4, 0.5) is 0 Å². The van der Waals surface area contributed by atoms with Gasteiger partial charge in [-0.15, -0.1) is 0 Å². The first-order valence-corrected chi connectivity index (χ1v) is 9.17. The molecule has 0 saturated carbocycles. The molecule has 1 aliphatic rings. The van der Waals surface area contributed by atoms with Crippen LogP contribution in [0.1, 0.15) is 23.3 Å². The maximum Gasteiger partial charge on any atom is 0.274 e. The summed E-state index contributed by atoms with van der Waals surface area (Å²) in [4.78, 5) is 26.7. The topological polar surface area (TPSA) is 68.2 Å². The molecule has 3 heterocycles. The van der Waals surface area contributed by atoms with Gasteiger partial charge in [0.1, 0.15) is 17.3 Å². The van der Waals surface area contributed by atoms with Gasteiger partial charge in [0.2, 0.25) is 0 Å². The fourth-order valence-electron chi connectivity index (χ4n) is 2.84. The first kappa shape index (κ1) is 16.2. The van der Waals surface area contributed by atoms with Crippen LogP contribution in [0, 0.1) is 0 Å². The number of para-hydroxylation sites is 1. The third-order valence-corrected chi connectivity index (χ3v) is 5.35. The van der Waals surface area contributed by atoms with Crippen molar-refractivity contribution >= 4 is 39.1 Å². The Morgan fingerprint density at radius 2 is 2.12 bits per heavy atom. The maximum absolute atomic E-state index is 12.4. The first-order valence-electron chi connectivity index (χ1n) is 7.98. The number of rotatable bonds is 3. The molecular weight excluding hydrogens is 360 g/mol. The van der Waals surface area contributed by atoms with Crippen LogP contribution < -0.4 is 4.74 Å². The predicted molar refractivity (Wildman–Crippen MR) is 96.2 cm³/mol. The van der Waals surface area contributed by atoms with Gasteiger partial charge >= 0.3 is 0 Å². The Hall–Kier alpha value is -2.25. The summed E-state index contributed by atoms with van der Waals surface area (Å²) in [7, 11) is 0.